The molecule has 0 bridgehead atoms. The fourth-order valence-corrected chi connectivity index (χ4v) is 1.17. The van der Waals surface area contributed by atoms with Gasteiger partial charge in [-0.25, -0.2) is 0 Å². The van der Waals surface area contributed by atoms with E-state index in [4.69, 9.17) is 0 Å². The normalized spacial score (nSPS) is 9.80. The number of thioether (sulfide) groups is 1. The standard InChI is InChI=1S/C6H8N2OS/c1-8-5(9)3-7-4-6(8)10-2/h3-4H,1-2H3. The van der Waals surface area contributed by atoms with Gasteiger partial charge in [0.1, 0.15) is 0 Å². The lowest BCUT2D eigenvalue weighted by molar-refractivity contribution is 0.746. The van der Waals surface area contributed by atoms with Crippen LogP contribution in [0.5, 0.6) is 0 Å². The first-order valence-electron chi connectivity index (χ1n) is 2.80. The Hall–Kier alpha value is -0.770. The predicted molar refractivity (Wildman–Crippen MR) is 41.3 cm³/mol. The Morgan fingerprint density at radius 1 is 1.60 bits per heavy atom. The lowest BCUT2D eigenvalue weighted by Gasteiger charge is -2.00. The van der Waals surface area contributed by atoms with E-state index < -0.39 is 0 Å². The van der Waals surface area contributed by atoms with Crippen LogP contribution in [0.3, 0.4) is 0 Å². The zero-order valence-corrected chi connectivity index (χ0v) is 6.68. The van der Waals surface area contributed by atoms with Crippen molar-refractivity contribution in [3.63, 3.8) is 0 Å². The van der Waals surface area contributed by atoms with E-state index in [9.17, 15) is 4.79 Å². The lowest BCUT2D eigenvalue weighted by Crippen LogP contribution is -2.17. The summed E-state index contributed by atoms with van der Waals surface area (Å²) in [5.74, 6) is 0. The Labute approximate surface area is 63.1 Å². The Morgan fingerprint density at radius 3 is 2.80 bits per heavy atom. The predicted octanol–water partition coefficient (Wildman–Crippen LogP) is 0.502. The molecule has 1 heterocycles. The first-order valence-corrected chi connectivity index (χ1v) is 4.03. The molecule has 0 aromatic carbocycles. The molecule has 0 radical (unpaired) electrons. The van der Waals surface area contributed by atoms with Crippen LogP contribution in [0.4, 0.5) is 0 Å². The Bertz CT molecular complexity index is 281. The Balaban J connectivity index is 3.28. The third-order valence-corrected chi connectivity index (χ3v) is 2.04. The molecule has 0 amide bonds. The molecular formula is C6H8N2OS. The molecule has 54 valence electrons. The van der Waals surface area contributed by atoms with Gasteiger partial charge in [0.05, 0.1) is 17.4 Å². The number of rotatable bonds is 1. The second kappa shape index (κ2) is 2.88. The topological polar surface area (TPSA) is 34.9 Å². The van der Waals surface area contributed by atoms with E-state index in [0.29, 0.717) is 0 Å². The second-order valence-electron chi connectivity index (χ2n) is 1.85. The lowest BCUT2D eigenvalue weighted by atomic mass is 10.7. The average Bonchev–Trinajstić information content (AvgIpc) is 1.95. The third-order valence-electron chi connectivity index (χ3n) is 1.24. The Kier molecular flexibility index (Phi) is 2.11. The first-order chi connectivity index (χ1) is 4.75. The molecule has 3 nitrogen and oxygen atoms in total. The van der Waals surface area contributed by atoms with Crippen LogP contribution < -0.4 is 5.56 Å². The molecular weight excluding hydrogens is 148 g/mol. The highest BCUT2D eigenvalue weighted by Crippen LogP contribution is 2.07. The van der Waals surface area contributed by atoms with Crippen LogP contribution in [-0.2, 0) is 7.05 Å². The first kappa shape index (κ1) is 7.34. The van der Waals surface area contributed by atoms with Crippen LogP contribution >= 0.6 is 11.8 Å². The van der Waals surface area contributed by atoms with Gasteiger partial charge in [0.25, 0.3) is 5.56 Å². The highest BCUT2D eigenvalue weighted by atomic mass is 32.2. The fourth-order valence-electron chi connectivity index (χ4n) is 0.636. The van der Waals surface area contributed by atoms with Crippen LogP contribution in [0, 0.1) is 0 Å². The van der Waals surface area contributed by atoms with Crippen molar-refractivity contribution in [1.82, 2.24) is 9.55 Å². The van der Waals surface area contributed by atoms with Crippen LogP contribution in [0.2, 0.25) is 0 Å². The van der Waals surface area contributed by atoms with E-state index in [2.05, 4.69) is 4.98 Å². The van der Waals surface area contributed by atoms with Gasteiger partial charge in [-0.05, 0) is 6.26 Å². The highest BCUT2D eigenvalue weighted by molar-refractivity contribution is 7.98. The summed E-state index contributed by atoms with van der Waals surface area (Å²) in [7, 11) is 1.73. The van der Waals surface area contributed by atoms with Gasteiger partial charge in [-0.15, -0.1) is 11.8 Å². The van der Waals surface area contributed by atoms with E-state index in [-0.39, 0.29) is 5.56 Å². The molecule has 0 saturated heterocycles. The summed E-state index contributed by atoms with van der Waals surface area (Å²) >= 11 is 1.51. The zero-order chi connectivity index (χ0) is 7.56. The van der Waals surface area contributed by atoms with Crippen molar-refractivity contribution < 1.29 is 0 Å². The monoisotopic (exact) mass is 156 g/mol. The van der Waals surface area contributed by atoms with Crippen molar-refractivity contribution in [3.8, 4) is 0 Å². The summed E-state index contributed by atoms with van der Waals surface area (Å²) in [6.45, 7) is 0. The molecule has 10 heavy (non-hydrogen) atoms. The summed E-state index contributed by atoms with van der Waals surface area (Å²) in [5.41, 5.74) is -0.0631. The zero-order valence-electron chi connectivity index (χ0n) is 5.87. The van der Waals surface area contributed by atoms with Gasteiger partial charge in [0, 0.05) is 7.05 Å². The minimum Gasteiger partial charge on any atom is -0.304 e. The molecule has 1 rings (SSSR count). The fraction of sp³-hybridized carbons (Fsp3) is 0.333. The molecule has 0 N–H and O–H groups in total. The maximum Gasteiger partial charge on any atom is 0.269 e. The van der Waals surface area contributed by atoms with Gasteiger partial charge in [0.15, 0.2) is 0 Å². The summed E-state index contributed by atoms with van der Waals surface area (Å²) in [6.07, 6.45) is 4.89. The number of nitrogens with zero attached hydrogens (tertiary/aromatic N) is 2. The van der Waals surface area contributed by atoms with Crippen molar-refractivity contribution >= 4 is 11.8 Å². The SMILES string of the molecule is CSc1cncc(=O)n1C. The number of aromatic nitrogens is 2. The van der Waals surface area contributed by atoms with E-state index in [0.717, 1.165) is 5.03 Å². The third kappa shape index (κ3) is 1.21. The van der Waals surface area contributed by atoms with E-state index in [1.54, 1.807) is 17.8 Å². The minimum absolute atomic E-state index is 0.0631. The molecule has 0 saturated carbocycles. The van der Waals surface area contributed by atoms with Crippen LogP contribution in [0.1, 0.15) is 0 Å². The minimum atomic E-state index is -0.0631. The van der Waals surface area contributed by atoms with Crippen molar-refractivity contribution in [2.24, 2.45) is 7.05 Å². The maximum absolute atomic E-state index is 10.9. The highest BCUT2D eigenvalue weighted by Gasteiger charge is 1.95. The smallest absolute Gasteiger partial charge is 0.269 e. The van der Waals surface area contributed by atoms with Gasteiger partial charge in [0.2, 0.25) is 0 Å². The largest absolute Gasteiger partial charge is 0.304 e. The van der Waals surface area contributed by atoms with Gasteiger partial charge < -0.3 is 4.57 Å². The summed E-state index contributed by atoms with van der Waals surface area (Å²) in [5, 5.41) is 0.882. The molecule has 0 unspecified atom stereocenters. The number of hydrogen-bond donors (Lipinski definition) is 0. The van der Waals surface area contributed by atoms with Crippen LogP contribution in [0.25, 0.3) is 0 Å². The number of hydrogen-bond acceptors (Lipinski definition) is 3. The quantitative estimate of drug-likeness (QED) is 0.555. The molecule has 1 aromatic rings. The van der Waals surface area contributed by atoms with E-state index in [1.807, 2.05) is 6.26 Å². The molecule has 0 spiro atoms. The van der Waals surface area contributed by atoms with Gasteiger partial charge >= 0.3 is 0 Å². The van der Waals surface area contributed by atoms with Crippen molar-refractivity contribution in [1.29, 1.82) is 0 Å². The van der Waals surface area contributed by atoms with Gasteiger partial charge in [-0.1, -0.05) is 0 Å². The average molecular weight is 156 g/mol. The molecule has 4 heteroatoms. The molecule has 0 aliphatic rings. The summed E-state index contributed by atoms with van der Waals surface area (Å²) in [6, 6.07) is 0. The van der Waals surface area contributed by atoms with E-state index in [1.165, 1.54) is 18.0 Å². The second-order valence-corrected chi connectivity index (χ2v) is 2.67. The van der Waals surface area contributed by atoms with Gasteiger partial charge in [-0.3, -0.25) is 9.78 Å². The van der Waals surface area contributed by atoms with Crippen molar-refractivity contribution in [3.05, 3.63) is 22.7 Å². The molecule has 0 aliphatic heterocycles. The molecule has 0 atom stereocenters. The summed E-state index contributed by atoms with van der Waals surface area (Å²) < 4.78 is 1.57. The molecule has 1 aromatic heterocycles. The molecule has 0 aliphatic carbocycles. The van der Waals surface area contributed by atoms with Crippen molar-refractivity contribution in [2.45, 2.75) is 5.03 Å². The van der Waals surface area contributed by atoms with Crippen molar-refractivity contribution in [2.75, 3.05) is 6.26 Å². The maximum atomic E-state index is 10.9. The molecule has 0 fully saturated rings. The van der Waals surface area contributed by atoms with Gasteiger partial charge in [-0.2, -0.15) is 0 Å². The summed E-state index contributed by atoms with van der Waals surface area (Å²) in [4.78, 5) is 14.6. The van der Waals surface area contributed by atoms with E-state index >= 15 is 0 Å². The van der Waals surface area contributed by atoms with Crippen LogP contribution in [0.15, 0.2) is 22.2 Å². The van der Waals surface area contributed by atoms with Crippen LogP contribution in [-0.4, -0.2) is 15.8 Å². The Morgan fingerprint density at radius 2 is 2.30 bits per heavy atom.